The fourth-order valence-electron chi connectivity index (χ4n) is 2.22. The van der Waals surface area contributed by atoms with Gasteiger partial charge in [0.15, 0.2) is 0 Å². The van der Waals surface area contributed by atoms with E-state index in [1.54, 1.807) is 0 Å². The SMILES string of the molecule is CCC(CC)CN(CC)c1ccc(C)cc1N. The van der Waals surface area contributed by atoms with E-state index in [-0.39, 0.29) is 0 Å². The topological polar surface area (TPSA) is 29.3 Å². The van der Waals surface area contributed by atoms with Gasteiger partial charge in [-0.2, -0.15) is 0 Å². The Labute approximate surface area is 106 Å². The van der Waals surface area contributed by atoms with Gasteiger partial charge in [0.05, 0.1) is 11.4 Å². The van der Waals surface area contributed by atoms with Crippen molar-refractivity contribution in [3.8, 4) is 0 Å². The quantitative estimate of drug-likeness (QED) is 0.758. The van der Waals surface area contributed by atoms with Gasteiger partial charge in [0.25, 0.3) is 0 Å². The minimum Gasteiger partial charge on any atom is -0.397 e. The second-order valence-corrected chi connectivity index (χ2v) is 4.78. The predicted octanol–water partition coefficient (Wildman–Crippen LogP) is 3.84. The molecule has 0 atom stereocenters. The molecule has 1 aromatic carbocycles. The molecule has 0 saturated heterocycles. The zero-order valence-corrected chi connectivity index (χ0v) is 11.7. The minimum atomic E-state index is 0.760. The van der Waals surface area contributed by atoms with Crippen LogP contribution in [0.25, 0.3) is 0 Å². The summed E-state index contributed by atoms with van der Waals surface area (Å²) in [5, 5.41) is 0. The third kappa shape index (κ3) is 3.65. The summed E-state index contributed by atoms with van der Waals surface area (Å²) >= 11 is 0. The second-order valence-electron chi connectivity index (χ2n) is 4.78. The van der Waals surface area contributed by atoms with Gasteiger partial charge in [0.1, 0.15) is 0 Å². The molecule has 0 fully saturated rings. The Kier molecular flexibility index (Phi) is 5.33. The molecule has 0 aliphatic rings. The Morgan fingerprint density at radius 3 is 2.29 bits per heavy atom. The molecule has 0 spiro atoms. The van der Waals surface area contributed by atoms with Crippen molar-refractivity contribution in [2.75, 3.05) is 23.7 Å². The standard InChI is InChI=1S/C15H26N2/c1-5-13(6-2)11-17(7-3)15-9-8-12(4)10-14(15)16/h8-10,13H,5-7,11,16H2,1-4H3. The van der Waals surface area contributed by atoms with Crippen molar-refractivity contribution in [2.24, 2.45) is 5.92 Å². The van der Waals surface area contributed by atoms with Crippen LogP contribution in [0.3, 0.4) is 0 Å². The molecule has 0 unspecified atom stereocenters. The zero-order valence-electron chi connectivity index (χ0n) is 11.7. The number of benzene rings is 1. The van der Waals surface area contributed by atoms with Crippen LogP contribution in [0.4, 0.5) is 11.4 Å². The van der Waals surface area contributed by atoms with E-state index < -0.39 is 0 Å². The fourth-order valence-corrected chi connectivity index (χ4v) is 2.22. The van der Waals surface area contributed by atoms with E-state index >= 15 is 0 Å². The molecule has 0 bridgehead atoms. The first-order valence-corrected chi connectivity index (χ1v) is 6.73. The number of anilines is 2. The highest BCUT2D eigenvalue weighted by Crippen LogP contribution is 2.25. The third-order valence-corrected chi connectivity index (χ3v) is 3.54. The summed E-state index contributed by atoms with van der Waals surface area (Å²) in [7, 11) is 0. The highest BCUT2D eigenvalue weighted by molar-refractivity contribution is 5.68. The van der Waals surface area contributed by atoms with Crippen molar-refractivity contribution in [1.29, 1.82) is 0 Å². The van der Waals surface area contributed by atoms with Gasteiger partial charge < -0.3 is 10.6 Å². The van der Waals surface area contributed by atoms with Crippen molar-refractivity contribution in [2.45, 2.75) is 40.5 Å². The summed E-state index contributed by atoms with van der Waals surface area (Å²) in [6.07, 6.45) is 2.47. The summed E-state index contributed by atoms with van der Waals surface area (Å²) < 4.78 is 0. The molecule has 1 aromatic rings. The van der Waals surface area contributed by atoms with Crippen molar-refractivity contribution in [1.82, 2.24) is 0 Å². The molecule has 0 heterocycles. The van der Waals surface area contributed by atoms with Crippen molar-refractivity contribution in [3.05, 3.63) is 23.8 Å². The molecule has 2 heteroatoms. The van der Waals surface area contributed by atoms with Crippen LogP contribution in [0.5, 0.6) is 0 Å². The monoisotopic (exact) mass is 234 g/mol. The van der Waals surface area contributed by atoms with Gasteiger partial charge in [0.2, 0.25) is 0 Å². The first-order chi connectivity index (χ1) is 8.12. The molecular weight excluding hydrogens is 208 g/mol. The van der Waals surface area contributed by atoms with Gasteiger partial charge in [-0.3, -0.25) is 0 Å². The lowest BCUT2D eigenvalue weighted by Crippen LogP contribution is -2.29. The molecule has 2 N–H and O–H groups in total. The van der Waals surface area contributed by atoms with E-state index in [0.29, 0.717) is 0 Å². The van der Waals surface area contributed by atoms with E-state index in [1.165, 1.54) is 24.1 Å². The van der Waals surface area contributed by atoms with Crippen LogP contribution < -0.4 is 10.6 Å². The minimum absolute atomic E-state index is 0.760. The van der Waals surface area contributed by atoms with Gasteiger partial charge >= 0.3 is 0 Å². The molecule has 0 radical (unpaired) electrons. The normalized spacial score (nSPS) is 10.9. The molecular formula is C15H26N2. The molecule has 96 valence electrons. The molecule has 0 aliphatic heterocycles. The molecule has 17 heavy (non-hydrogen) atoms. The van der Waals surface area contributed by atoms with Crippen LogP contribution in [0, 0.1) is 12.8 Å². The molecule has 0 aromatic heterocycles. The Hall–Kier alpha value is -1.18. The molecule has 2 nitrogen and oxygen atoms in total. The van der Waals surface area contributed by atoms with Crippen molar-refractivity contribution in [3.63, 3.8) is 0 Å². The first-order valence-electron chi connectivity index (χ1n) is 6.73. The van der Waals surface area contributed by atoms with Crippen molar-refractivity contribution >= 4 is 11.4 Å². The molecule has 0 amide bonds. The van der Waals surface area contributed by atoms with Crippen molar-refractivity contribution < 1.29 is 0 Å². The van der Waals surface area contributed by atoms with Crippen LogP contribution in [-0.4, -0.2) is 13.1 Å². The van der Waals surface area contributed by atoms with Gasteiger partial charge in [-0.25, -0.2) is 0 Å². The molecule has 0 saturated carbocycles. The number of aryl methyl sites for hydroxylation is 1. The number of nitrogens with zero attached hydrogens (tertiary/aromatic N) is 1. The summed E-state index contributed by atoms with van der Waals surface area (Å²) in [6.45, 7) is 10.9. The van der Waals surface area contributed by atoms with Gasteiger partial charge in [-0.15, -0.1) is 0 Å². The molecule has 0 aliphatic carbocycles. The highest BCUT2D eigenvalue weighted by atomic mass is 15.1. The van der Waals surface area contributed by atoms with E-state index in [2.05, 4.69) is 50.8 Å². The van der Waals surface area contributed by atoms with Crippen LogP contribution in [0.15, 0.2) is 18.2 Å². The number of hydrogen-bond donors (Lipinski definition) is 1. The third-order valence-electron chi connectivity index (χ3n) is 3.54. The fraction of sp³-hybridized carbons (Fsp3) is 0.600. The van der Waals surface area contributed by atoms with E-state index in [9.17, 15) is 0 Å². The van der Waals surface area contributed by atoms with Gasteiger partial charge in [0, 0.05) is 13.1 Å². The Balaban J connectivity index is 2.85. The Morgan fingerprint density at radius 2 is 1.82 bits per heavy atom. The smallest absolute Gasteiger partial charge is 0.0600 e. The van der Waals surface area contributed by atoms with Crippen LogP contribution in [0.2, 0.25) is 0 Å². The number of hydrogen-bond acceptors (Lipinski definition) is 2. The van der Waals surface area contributed by atoms with E-state index in [1.807, 2.05) is 0 Å². The first kappa shape index (κ1) is 13.9. The van der Waals surface area contributed by atoms with E-state index in [4.69, 9.17) is 5.73 Å². The summed E-state index contributed by atoms with van der Waals surface area (Å²) in [6, 6.07) is 6.35. The number of nitrogens with two attached hydrogens (primary N) is 1. The van der Waals surface area contributed by atoms with Crippen LogP contribution in [0.1, 0.15) is 39.2 Å². The predicted molar refractivity (Wildman–Crippen MR) is 77.6 cm³/mol. The molecule has 1 rings (SSSR count). The highest BCUT2D eigenvalue weighted by Gasteiger charge is 2.12. The summed E-state index contributed by atoms with van der Waals surface area (Å²) in [5.41, 5.74) is 9.43. The maximum atomic E-state index is 6.11. The number of nitrogen functional groups attached to an aromatic ring is 1. The second kappa shape index (κ2) is 6.53. The largest absolute Gasteiger partial charge is 0.397 e. The van der Waals surface area contributed by atoms with Gasteiger partial charge in [-0.1, -0.05) is 32.8 Å². The average Bonchev–Trinajstić information content (AvgIpc) is 2.32. The lowest BCUT2D eigenvalue weighted by Gasteiger charge is -2.28. The van der Waals surface area contributed by atoms with E-state index in [0.717, 1.165) is 24.7 Å². The Bertz CT molecular complexity index is 343. The summed E-state index contributed by atoms with van der Waals surface area (Å²) in [4.78, 5) is 2.40. The number of rotatable bonds is 6. The van der Waals surface area contributed by atoms with Crippen LogP contribution >= 0.6 is 0 Å². The maximum Gasteiger partial charge on any atom is 0.0600 e. The Morgan fingerprint density at radius 1 is 1.18 bits per heavy atom. The van der Waals surface area contributed by atoms with Crippen LogP contribution in [-0.2, 0) is 0 Å². The lowest BCUT2D eigenvalue weighted by atomic mass is 10.0. The zero-order chi connectivity index (χ0) is 12.8. The lowest BCUT2D eigenvalue weighted by molar-refractivity contribution is 0.486. The van der Waals surface area contributed by atoms with Gasteiger partial charge in [-0.05, 0) is 37.5 Å². The maximum absolute atomic E-state index is 6.11. The average molecular weight is 234 g/mol. The summed E-state index contributed by atoms with van der Waals surface area (Å²) in [5.74, 6) is 0.760.